The van der Waals surface area contributed by atoms with Gasteiger partial charge in [0.1, 0.15) is 11.2 Å². The molecule has 1 rings (SSSR count). The summed E-state index contributed by atoms with van der Waals surface area (Å²) in [5.74, 6) is -0.200. The van der Waals surface area contributed by atoms with Gasteiger partial charge < -0.3 is 20.1 Å². The first kappa shape index (κ1) is 13.8. The maximum Gasteiger partial charge on any atom is 0.410 e. The van der Waals surface area contributed by atoms with Gasteiger partial charge in [-0.05, 0) is 20.8 Å². The second-order valence-electron chi connectivity index (χ2n) is 5.47. The van der Waals surface area contributed by atoms with E-state index in [0.29, 0.717) is 0 Å². The summed E-state index contributed by atoms with van der Waals surface area (Å²) in [5.41, 5.74) is -1.56. The third-order valence-corrected chi connectivity index (χ3v) is 2.29. The molecule has 1 aliphatic rings. The lowest BCUT2D eigenvalue weighted by Gasteiger charge is -2.46. The first-order valence-electron chi connectivity index (χ1n) is 5.56. The maximum absolute atomic E-state index is 11.6. The summed E-state index contributed by atoms with van der Waals surface area (Å²) < 4.78 is 5.15. The van der Waals surface area contributed by atoms with E-state index in [0.717, 1.165) is 0 Å². The fourth-order valence-electron chi connectivity index (χ4n) is 1.52. The number of ether oxygens (including phenoxy) is 1. The van der Waals surface area contributed by atoms with Crippen molar-refractivity contribution in [1.82, 2.24) is 10.2 Å². The van der Waals surface area contributed by atoms with Crippen LogP contribution in [0.25, 0.3) is 0 Å². The minimum Gasteiger partial charge on any atom is -0.444 e. The molecule has 0 aliphatic carbocycles. The van der Waals surface area contributed by atoms with Crippen molar-refractivity contribution in [1.29, 1.82) is 0 Å². The number of carbonyl (C=O) groups is 2. The first-order chi connectivity index (χ1) is 7.61. The van der Waals surface area contributed by atoms with Crippen molar-refractivity contribution in [2.45, 2.75) is 38.9 Å². The highest BCUT2D eigenvalue weighted by Crippen LogP contribution is 2.22. The molecule has 0 spiro atoms. The predicted molar refractivity (Wildman–Crippen MR) is 61.4 cm³/mol. The summed E-state index contributed by atoms with van der Waals surface area (Å²) in [6.07, 6.45) is -0.440. The van der Waals surface area contributed by atoms with E-state index < -0.39 is 17.3 Å². The highest BCUT2D eigenvalue weighted by Gasteiger charge is 2.45. The quantitative estimate of drug-likeness (QED) is 0.722. The summed E-state index contributed by atoms with van der Waals surface area (Å²) >= 11 is 0. The summed E-state index contributed by atoms with van der Waals surface area (Å²) in [6.45, 7) is 7.26. The highest BCUT2D eigenvalue weighted by atomic mass is 16.6. The number of likely N-dealkylation sites (tertiary alicyclic amines) is 1. The van der Waals surface area contributed by atoms with Crippen molar-refractivity contribution in [3.63, 3.8) is 0 Å². The van der Waals surface area contributed by atoms with Crippen LogP contribution in [0.5, 0.6) is 0 Å². The minimum atomic E-state index is -1.03. The average molecular weight is 244 g/mol. The zero-order valence-electron chi connectivity index (χ0n) is 10.7. The SMILES string of the molecule is CC(=O)NCC1(O)CN(C(=O)OC(C)(C)C)C1. The van der Waals surface area contributed by atoms with E-state index in [9.17, 15) is 14.7 Å². The fraction of sp³-hybridized carbons (Fsp3) is 0.818. The summed E-state index contributed by atoms with van der Waals surface area (Å²) in [6, 6.07) is 0. The van der Waals surface area contributed by atoms with E-state index >= 15 is 0 Å². The number of aliphatic hydroxyl groups is 1. The lowest BCUT2D eigenvalue weighted by atomic mass is 9.95. The minimum absolute atomic E-state index is 0.154. The Kier molecular flexibility index (Phi) is 3.66. The van der Waals surface area contributed by atoms with Gasteiger partial charge in [0, 0.05) is 13.5 Å². The summed E-state index contributed by atoms with van der Waals surface area (Å²) in [5, 5.41) is 12.4. The van der Waals surface area contributed by atoms with Crippen molar-refractivity contribution < 1.29 is 19.4 Å². The van der Waals surface area contributed by atoms with Crippen LogP contribution in [0.3, 0.4) is 0 Å². The number of amides is 2. The molecule has 0 unspecified atom stereocenters. The molecule has 0 atom stereocenters. The molecular formula is C11H20N2O4. The van der Waals surface area contributed by atoms with Crippen LogP contribution in [0.2, 0.25) is 0 Å². The topological polar surface area (TPSA) is 78.9 Å². The van der Waals surface area contributed by atoms with Crippen molar-refractivity contribution in [2.24, 2.45) is 0 Å². The van der Waals surface area contributed by atoms with Crippen LogP contribution in [0.4, 0.5) is 4.79 Å². The van der Waals surface area contributed by atoms with Gasteiger partial charge in [0.05, 0.1) is 13.1 Å². The van der Waals surface area contributed by atoms with Gasteiger partial charge in [-0.15, -0.1) is 0 Å². The predicted octanol–water partition coefficient (Wildman–Crippen LogP) is 0.104. The molecule has 2 N–H and O–H groups in total. The molecule has 0 aromatic rings. The zero-order valence-corrected chi connectivity index (χ0v) is 10.7. The Morgan fingerprint density at radius 1 is 1.41 bits per heavy atom. The molecule has 17 heavy (non-hydrogen) atoms. The van der Waals surface area contributed by atoms with Gasteiger partial charge in [-0.2, -0.15) is 0 Å². The van der Waals surface area contributed by atoms with Gasteiger partial charge >= 0.3 is 6.09 Å². The summed E-state index contributed by atoms with van der Waals surface area (Å²) in [4.78, 5) is 23.7. The second kappa shape index (κ2) is 4.52. The van der Waals surface area contributed by atoms with Gasteiger partial charge in [0.15, 0.2) is 0 Å². The molecule has 1 saturated heterocycles. The normalized spacial score (nSPS) is 18.3. The molecule has 0 radical (unpaired) electrons. The van der Waals surface area contributed by atoms with E-state index in [1.807, 2.05) is 0 Å². The molecule has 0 saturated carbocycles. The number of nitrogens with zero attached hydrogens (tertiary/aromatic N) is 1. The Labute approximate surface area is 101 Å². The molecular weight excluding hydrogens is 224 g/mol. The number of rotatable bonds is 2. The van der Waals surface area contributed by atoms with Crippen molar-refractivity contribution >= 4 is 12.0 Å². The lowest BCUT2D eigenvalue weighted by Crippen LogP contribution is -2.67. The van der Waals surface area contributed by atoms with Gasteiger partial charge in [0.25, 0.3) is 0 Å². The van der Waals surface area contributed by atoms with Gasteiger partial charge in [-0.1, -0.05) is 0 Å². The van der Waals surface area contributed by atoms with Crippen LogP contribution in [0, 0.1) is 0 Å². The largest absolute Gasteiger partial charge is 0.444 e. The third kappa shape index (κ3) is 4.22. The van der Waals surface area contributed by atoms with Crippen LogP contribution < -0.4 is 5.32 Å². The number of carbonyl (C=O) groups excluding carboxylic acids is 2. The van der Waals surface area contributed by atoms with Crippen LogP contribution >= 0.6 is 0 Å². The lowest BCUT2D eigenvalue weighted by molar-refractivity contribution is -0.124. The number of β-amino-alcohol motifs (C(OH)–C–C–N with tert-alkyl or cyclic N) is 1. The van der Waals surface area contributed by atoms with Crippen LogP contribution in [-0.2, 0) is 9.53 Å². The highest BCUT2D eigenvalue weighted by molar-refractivity contribution is 5.73. The van der Waals surface area contributed by atoms with E-state index in [4.69, 9.17) is 4.74 Å². The molecule has 1 fully saturated rings. The fourth-order valence-corrected chi connectivity index (χ4v) is 1.52. The maximum atomic E-state index is 11.6. The Morgan fingerprint density at radius 3 is 2.35 bits per heavy atom. The van der Waals surface area contributed by atoms with E-state index in [2.05, 4.69) is 5.32 Å². The molecule has 6 heteroatoms. The third-order valence-electron chi connectivity index (χ3n) is 2.29. The Bertz CT molecular complexity index is 316. The molecule has 1 aliphatic heterocycles. The van der Waals surface area contributed by atoms with Gasteiger partial charge in [-0.3, -0.25) is 4.79 Å². The Hall–Kier alpha value is -1.30. The Balaban J connectivity index is 2.35. The molecule has 2 amide bonds. The van der Waals surface area contributed by atoms with Gasteiger partial charge in [-0.25, -0.2) is 4.79 Å². The van der Waals surface area contributed by atoms with E-state index in [1.54, 1.807) is 20.8 Å². The molecule has 6 nitrogen and oxygen atoms in total. The smallest absolute Gasteiger partial charge is 0.410 e. The van der Waals surface area contributed by atoms with Crippen LogP contribution in [-0.4, -0.2) is 52.8 Å². The van der Waals surface area contributed by atoms with Crippen molar-refractivity contribution in [3.05, 3.63) is 0 Å². The van der Waals surface area contributed by atoms with Crippen LogP contribution in [0.1, 0.15) is 27.7 Å². The van der Waals surface area contributed by atoms with Gasteiger partial charge in [0.2, 0.25) is 5.91 Å². The standard InChI is InChI=1S/C11H20N2O4/c1-8(14)12-5-11(16)6-13(7-11)9(15)17-10(2,3)4/h16H,5-7H2,1-4H3,(H,12,14). The number of hydrogen-bond donors (Lipinski definition) is 2. The van der Waals surface area contributed by atoms with Crippen molar-refractivity contribution in [2.75, 3.05) is 19.6 Å². The first-order valence-corrected chi connectivity index (χ1v) is 5.56. The summed E-state index contributed by atoms with van der Waals surface area (Å²) in [7, 11) is 0. The number of hydrogen-bond acceptors (Lipinski definition) is 4. The molecule has 0 bridgehead atoms. The molecule has 1 heterocycles. The van der Waals surface area contributed by atoms with E-state index in [-0.39, 0.29) is 25.5 Å². The second-order valence-corrected chi connectivity index (χ2v) is 5.47. The van der Waals surface area contributed by atoms with E-state index in [1.165, 1.54) is 11.8 Å². The number of nitrogens with one attached hydrogen (secondary N) is 1. The average Bonchev–Trinajstić information content (AvgIpc) is 2.07. The Morgan fingerprint density at radius 2 is 1.94 bits per heavy atom. The molecule has 0 aromatic carbocycles. The van der Waals surface area contributed by atoms with Crippen molar-refractivity contribution in [3.8, 4) is 0 Å². The molecule has 0 aromatic heterocycles. The van der Waals surface area contributed by atoms with Crippen LogP contribution in [0.15, 0.2) is 0 Å². The monoisotopic (exact) mass is 244 g/mol. The zero-order chi connectivity index (χ0) is 13.3. The molecule has 98 valence electrons.